The molecular formula is C12H17NO3S. The largest absolute Gasteiger partial charge is 0.411 e. The van der Waals surface area contributed by atoms with Crippen molar-refractivity contribution in [2.24, 2.45) is 5.16 Å². The van der Waals surface area contributed by atoms with Crippen LogP contribution in [-0.2, 0) is 9.84 Å². The molecule has 0 aliphatic rings. The average Bonchev–Trinajstić information content (AvgIpc) is 2.25. The molecule has 1 aromatic rings. The van der Waals surface area contributed by atoms with E-state index in [0.29, 0.717) is 12.0 Å². The van der Waals surface area contributed by atoms with Crippen LogP contribution in [0.5, 0.6) is 0 Å². The van der Waals surface area contributed by atoms with Crippen LogP contribution in [0.2, 0.25) is 0 Å². The molecule has 0 radical (unpaired) electrons. The maximum absolute atomic E-state index is 11.7. The Morgan fingerprint density at radius 1 is 1.41 bits per heavy atom. The first kappa shape index (κ1) is 13.7. The summed E-state index contributed by atoms with van der Waals surface area (Å²) in [5.74, 6) is 0. The highest BCUT2D eigenvalue weighted by Crippen LogP contribution is 2.17. The van der Waals surface area contributed by atoms with Crippen molar-refractivity contribution in [2.45, 2.75) is 25.5 Å². The second kappa shape index (κ2) is 5.31. The number of rotatable bonds is 4. The Hall–Kier alpha value is -1.36. The van der Waals surface area contributed by atoms with Crippen LogP contribution in [0.1, 0.15) is 24.5 Å². The van der Waals surface area contributed by atoms with Gasteiger partial charge in [0, 0.05) is 11.8 Å². The zero-order valence-electron chi connectivity index (χ0n) is 10.2. The molecule has 0 fully saturated rings. The lowest BCUT2D eigenvalue weighted by molar-refractivity contribution is 0.318. The van der Waals surface area contributed by atoms with Gasteiger partial charge in [-0.05, 0) is 18.9 Å². The lowest BCUT2D eigenvalue weighted by Gasteiger charge is -2.16. The number of hydrogen-bond acceptors (Lipinski definition) is 4. The van der Waals surface area contributed by atoms with Crippen LogP contribution in [0.15, 0.2) is 29.4 Å². The smallest absolute Gasteiger partial charge is 0.156 e. The fraction of sp³-hybridized carbons (Fsp3) is 0.417. The van der Waals surface area contributed by atoms with Crippen molar-refractivity contribution >= 4 is 15.5 Å². The van der Waals surface area contributed by atoms with Crippen molar-refractivity contribution in [1.82, 2.24) is 0 Å². The summed E-state index contributed by atoms with van der Waals surface area (Å²) in [7, 11) is -3.28. The Bertz CT molecular complexity index is 520. The fourth-order valence-corrected chi connectivity index (χ4v) is 3.04. The maximum atomic E-state index is 11.7. The van der Waals surface area contributed by atoms with Gasteiger partial charge in [-0.1, -0.05) is 36.3 Å². The summed E-state index contributed by atoms with van der Waals surface area (Å²) < 4.78 is 23.3. The Labute approximate surface area is 102 Å². The molecule has 17 heavy (non-hydrogen) atoms. The SMILES string of the molecule is CCC(/C(=N/O)c1ccccc1C)S(C)(=O)=O. The third-order valence-electron chi connectivity index (χ3n) is 2.72. The summed E-state index contributed by atoms with van der Waals surface area (Å²) >= 11 is 0. The average molecular weight is 255 g/mol. The lowest BCUT2D eigenvalue weighted by atomic mass is 10.0. The van der Waals surface area contributed by atoms with Gasteiger partial charge in [0.05, 0.1) is 0 Å². The number of oxime groups is 1. The van der Waals surface area contributed by atoms with Crippen LogP contribution in [0.4, 0.5) is 0 Å². The minimum absolute atomic E-state index is 0.216. The molecule has 1 aromatic carbocycles. The Kier molecular flexibility index (Phi) is 4.28. The topological polar surface area (TPSA) is 66.7 Å². The predicted octanol–water partition coefficient (Wildman–Crippen LogP) is 2.00. The van der Waals surface area contributed by atoms with E-state index in [1.807, 2.05) is 19.1 Å². The van der Waals surface area contributed by atoms with Crippen molar-refractivity contribution in [3.8, 4) is 0 Å². The zero-order valence-corrected chi connectivity index (χ0v) is 11.0. The lowest BCUT2D eigenvalue weighted by Crippen LogP contribution is -2.30. The van der Waals surface area contributed by atoms with Gasteiger partial charge in [0.1, 0.15) is 11.0 Å². The number of nitrogens with zero attached hydrogens (tertiary/aromatic N) is 1. The first-order valence-electron chi connectivity index (χ1n) is 5.38. The molecule has 0 aliphatic heterocycles. The highest BCUT2D eigenvalue weighted by atomic mass is 32.2. The minimum Gasteiger partial charge on any atom is -0.411 e. The molecule has 0 spiro atoms. The van der Waals surface area contributed by atoms with Gasteiger partial charge in [-0.2, -0.15) is 0 Å². The fourth-order valence-electron chi connectivity index (χ4n) is 1.85. The third kappa shape index (κ3) is 3.06. The van der Waals surface area contributed by atoms with Crippen molar-refractivity contribution in [3.63, 3.8) is 0 Å². The van der Waals surface area contributed by atoms with E-state index < -0.39 is 15.1 Å². The van der Waals surface area contributed by atoms with Gasteiger partial charge in [0.15, 0.2) is 9.84 Å². The van der Waals surface area contributed by atoms with Gasteiger partial charge in [-0.15, -0.1) is 0 Å². The molecule has 94 valence electrons. The van der Waals surface area contributed by atoms with E-state index >= 15 is 0 Å². The first-order chi connectivity index (χ1) is 7.91. The van der Waals surface area contributed by atoms with Crippen LogP contribution in [0.3, 0.4) is 0 Å². The molecule has 0 bridgehead atoms. The van der Waals surface area contributed by atoms with E-state index in [1.54, 1.807) is 19.1 Å². The molecule has 0 saturated carbocycles. The highest BCUT2D eigenvalue weighted by Gasteiger charge is 2.27. The molecule has 1 unspecified atom stereocenters. The quantitative estimate of drug-likeness (QED) is 0.508. The van der Waals surface area contributed by atoms with Crippen LogP contribution < -0.4 is 0 Å². The molecule has 4 nitrogen and oxygen atoms in total. The van der Waals surface area contributed by atoms with Crippen LogP contribution in [0, 0.1) is 6.92 Å². The van der Waals surface area contributed by atoms with Crippen LogP contribution in [-0.4, -0.2) is 30.8 Å². The van der Waals surface area contributed by atoms with Gasteiger partial charge in [0.25, 0.3) is 0 Å². The summed E-state index contributed by atoms with van der Waals surface area (Å²) in [5, 5.41) is 11.5. The molecule has 1 N–H and O–H groups in total. The number of benzene rings is 1. The zero-order chi connectivity index (χ0) is 13.1. The third-order valence-corrected chi connectivity index (χ3v) is 4.31. The standard InChI is InChI=1S/C12H17NO3S/c1-4-11(17(3,15)16)12(13-14)10-8-6-5-7-9(10)2/h5-8,11,14H,4H2,1-3H3/b13-12+. The summed E-state index contributed by atoms with van der Waals surface area (Å²) in [6.45, 7) is 3.62. The normalized spacial score (nSPS) is 14.6. The van der Waals surface area contributed by atoms with Gasteiger partial charge in [0.2, 0.25) is 0 Å². The summed E-state index contributed by atoms with van der Waals surface area (Å²) in [5.41, 5.74) is 1.78. The van der Waals surface area contributed by atoms with Crippen molar-refractivity contribution in [1.29, 1.82) is 0 Å². The summed E-state index contributed by atoms with van der Waals surface area (Å²) in [6.07, 6.45) is 1.54. The summed E-state index contributed by atoms with van der Waals surface area (Å²) in [6, 6.07) is 7.27. The Morgan fingerprint density at radius 2 is 2.00 bits per heavy atom. The molecule has 0 saturated heterocycles. The van der Waals surface area contributed by atoms with Crippen molar-refractivity contribution < 1.29 is 13.6 Å². The summed E-state index contributed by atoms with van der Waals surface area (Å²) in [4.78, 5) is 0. The van der Waals surface area contributed by atoms with Gasteiger partial charge in [-0.25, -0.2) is 8.42 Å². The van der Waals surface area contributed by atoms with Crippen LogP contribution in [0.25, 0.3) is 0 Å². The molecular weight excluding hydrogens is 238 g/mol. The molecule has 1 atom stereocenters. The van der Waals surface area contributed by atoms with E-state index in [1.165, 1.54) is 0 Å². The molecule has 0 heterocycles. The van der Waals surface area contributed by atoms with Crippen LogP contribution >= 0.6 is 0 Å². The Morgan fingerprint density at radius 3 is 2.41 bits per heavy atom. The van der Waals surface area contributed by atoms with E-state index in [2.05, 4.69) is 5.16 Å². The number of sulfone groups is 1. The van der Waals surface area contributed by atoms with Crippen molar-refractivity contribution in [3.05, 3.63) is 35.4 Å². The second-order valence-corrected chi connectivity index (χ2v) is 6.25. The van der Waals surface area contributed by atoms with E-state index in [4.69, 9.17) is 5.21 Å². The van der Waals surface area contributed by atoms with Crippen molar-refractivity contribution in [2.75, 3.05) is 6.26 Å². The second-order valence-electron chi connectivity index (χ2n) is 4.03. The minimum atomic E-state index is -3.28. The van der Waals surface area contributed by atoms with E-state index in [0.717, 1.165) is 11.8 Å². The molecule has 0 aliphatic carbocycles. The maximum Gasteiger partial charge on any atom is 0.156 e. The number of hydrogen-bond donors (Lipinski definition) is 1. The number of aryl methyl sites for hydroxylation is 1. The Balaban J connectivity index is 3.31. The van der Waals surface area contributed by atoms with Gasteiger partial charge in [-0.3, -0.25) is 0 Å². The molecule has 0 amide bonds. The van der Waals surface area contributed by atoms with E-state index in [-0.39, 0.29) is 5.71 Å². The van der Waals surface area contributed by atoms with E-state index in [9.17, 15) is 8.42 Å². The molecule has 5 heteroatoms. The van der Waals surface area contributed by atoms with Gasteiger partial charge >= 0.3 is 0 Å². The predicted molar refractivity (Wildman–Crippen MR) is 68.4 cm³/mol. The monoisotopic (exact) mass is 255 g/mol. The van der Waals surface area contributed by atoms with Gasteiger partial charge < -0.3 is 5.21 Å². The molecule has 0 aromatic heterocycles. The highest BCUT2D eigenvalue weighted by molar-refractivity contribution is 7.92. The molecule has 1 rings (SSSR count). The first-order valence-corrected chi connectivity index (χ1v) is 7.34.